The fourth-order valence-corrected chi connectivity index (χ4v) is 3.65. The molecule has 0 saturated heterocycles. The molecule has 4 aromatic carbocycles. The Morgan fingerprint density at radius 2 is 0.935 bits per heavy atom. The number of nitrogen functional groups attached to an aromatic ring is 2. The minimum Gasteiger partial charge on any atom is -0.397 e. The molecule has 0 aliphatic rings. The van der Waals surface area contributed by atoms with Gasteiger partial charge in [-0.15, -0.1) is 0 Å². The van der Waals surface area contributed by atoms with E-state index < -0.39 is 0 Å². The summed E-state index contributed by atoms with van der Waals surface area (Å²) in [6, 6.07) is 32.4. The Labute approximate surface area is 183 Å². The van der Waals surface area contributed by atoms with Crippen LogP contribution in [0.15, 0.2) is 97.1 Å². The van der Waals surface area contributed by atoms with E-state index in [4.69, 9.17) is 11.5 Å². The lowest BCUT2D eigenvalue weighted by atomic mass is 9.77. The van der Waals surface area contributed by atoms with Gasteiger partial charge in [0.1, 0.15) is 0 Å². The zero-order chi connectivity index (χ0) is 21.8. The molecule has 0 aliphatic carbocycles. The van der Waals surface area contributed by atoms with Gasteiger partial charge in [-0.2, -0.15) is 0 Å². The lowest BCUT2D eigenvalue weighted by molar-refractivity contribution is 0.642. The van der Waals surface area contributed by atoms with E-state index >= 15 is 0 Å². The highest BCUT2D eigenvalue weighted by Gasteiger charge is 2.24. The number of nitrogens with two attached hydrogens (primary N) is 2. The lowest BCUT2D eigenvalue weighted by Gasteiger charge is -2.28. The Hall–Kier alpha value is -3.92. The topological polar surface area (TPSA) is 76.1 Å². The molecule has 0 aromatic heterocycles. The molecule has 4 nitrogen and oxygen atoms in total. The van der Waals surface area contributed by atoms with E-state index in [1.54, 1.807) is 0 Å². The minimum atomic E-state index is -0.251. The SMILES string of the molecule is CC(C)(c1ccc(Nc2ccccc2)c(N)c1)c1ccc(Nc2ccccc2)c(N)c1. The van der Waals surface area contributed by atoms with Gasteiger partial charge in [0.15, 0.2) is 0 Å². The molecule has 0 bridgehead atoms. The molecule has 0 spiro atoms. The number of para-hydroxylation sites is 2. The van der Waals surface area contributed by atoms with Crippen LogP contribution in [0.25, 0.3) is 0 Å². The van der Waals surface area contributed by atoms with Crippen LogP contribution in [0.3, 0.4) is 0 Å². The summed E-state index contributed by atoms with van der Waals surface area (Å²) in [6.07, 6.45) is 0. The Morgan fingerprint density at radius 3 is 1.29 bits per heavy atom. The molecular weight excluding hydrogens is 380 g/mol. The molecule has 156 valence electrons. The second-order valence-electron chi connectivity index (χ2n) is 8.21. The van der Waals surface area contributed by atoms with Crippen LogP contribution in [0.2, 0.25) is 0 Å². The van der Waals surface area contributed by atoms with Crippen molar-refractivity contribution in [2.24, 2.45) is 0 Å². The fraction of sp³-hybridized carbons (Fsp3) is 0.111. The van der Waals surface area contributed by atoms with Crippen molar-refractivity contribution < 1.29 is 0 Å². The smallest absolute Gasteiger partial charge is 0.0618 e. The van der Waals surface area contributed by atoms with Crippen molar-refractivity contribution in [3.8, 4) is 0 Å². The molecule has 0 amide bonds. The van der Waals surface area contributed by atoms with Crippen molar-refractivity contribution in [3.05, 3.63) is 108 Å². The van der Waals surface area contributed by atoms with Gasteiger partial charge in [0.25, 0.3) is 0 Å². The maximum Gasteiger partial charge on any atom is 0.0618 e. The molecule has 4 heteroatoms. The van der Waals surface area contributed by atoms with E-state index in [1.807, 2.05) is 84.9 Å². The summed E-state index contributed by atoms with van der Waals surface area (Å²) in [6.45, 7) is 4.37. The van der Waals surface area contributed by atoms with Crippen molar-refractivity contribution in [2.45, 2.75) is 19.3 Å². The third-order valence-corrected chi connectivity index (χ3v) is 5.65. The molecule has 4 rings (SSSR count). The first-order valence-corrected chi connectivity index (χ1v) is 10.4. The summed E-state index contributed by atoms with van der Waals surface area (Å²) in [5, 5.41) is 6.75. The second kappa shape index (κ2) is 8.44. The zero-order valence-electron chi connectivity index (χ0n) is 17.9. The number of anilines is 6. The molecule has 0 unspecified atom stereocenters. The average molecular weight is 409 g/mol. The Morgan fingerprint density at radius 1 is 0.548 bits per heavy atom. The monoisotopic (exact) mass is 408 g/mol. The van der Waals surface area contributed by atoms with Gasteiger partial charge >= 0.3 is 0 Å². The Balaban J connectivity index is 1.57. The normalized spacial score (nSPS) is 11.2. The van der Waals surface area contributed by atoms with Crippen molar-refractivity contribution in [3.63, 3.8) is 0 Å². The number of benzene rings is 4. The summed E-state index contributed by atoms with van der Waals surface area (Å²) in [4.78, 5) is 0. The van der Waals surface area contributed by atoms with E-state index in [-0.39, 0.29) is 5.41 Å². The minimum absolute atomic E-state index is 0.251. The number of nitrogens with one attached hydrogen (secondary N) is 2. The standard InChI is InChI=1S/C27H28N4/c1-27(2,19-13-15-25(23(28)17-19)30-21-9-5-3-6-10-21)20-14-16-26(24(29)18-20)31-22-11-7-4-8-12-22/h3-18,30-31H,28-29H2,1-2H3. The summed E-state index contributed by atoms with van der Waals surface area (Å²) in [5.74, 6) is 0. The largest absolute Gasteiger partial charge is 0.397 e. The van der Waals surface area contributed by atoms with Gasteiger partial charge in [0.05, 0.1) is 22.7 Å². The van der Waals surface area contributed by atoms with Crippen LogP contribution in [0.4, 0.5) is 34.1 Å². The van der Waals surface area contributed by atoms with Crippen LogP contribution in [0.1, 0.15) is 25.0 Å². The highest BCUT2D eigenvalue weighted by atomic mass is 14.9. The van der Waals surface area contributed by atoms with E-state index in [2.05, 4.69) is 36.6 Å². The van der Waals surface area contributed by atoms with Crippen molar-refractivity contribution in [2.75, 3.05) is 22.1 Å². The second-order valence-corrected chi connectivity index (χ2v) is 8.21. The molecule has 0 aliphatic heterocycles. The van der Waals surface area contributed by atoms with Gasteiger partial charge in [-0.1, -0.05) is 62.4 Å². The molecule has 0 radical (unpaired) electrons. The highest BCUT2D eigenvalue weighted by Crippen LogP contribution is 2.37. The van der Waals surface area contributed by atoms with E-state index in [0.29, 0.717) is 11.4 Å². The van der Waals surface area contributed by atoms with Crippen LogP contribution in [0.5, 0.6) is 0 Å². The average Bonchev–Trinajstić information content (AvgIpc) is 2.78. The van der Waals surface area contributed by atoms with E-state index in [1.165, 1.54) is 0 Å². The predicted molar refractivity (Wildman–Crippen MR) is 133 cm³/mol. The van der Waals surface area contributed by atoms with Gasteiger partial charge in [0, 0.05) is 16.8 Å². The maximum atomic E-state index is 6.39. The van der Waals surface area contributed by atoms with Crippen LogP contribution < -0.4 is 22.1 Å². The summed E-state index contributed by atoms with van der Waals surface area (Å²) < 4.78 is 0. The van der Waals surface area contributed by atoms with Gasteiger partial charge in [-0.05, 0) is 59.7 Å². The molecule has 4 aromatic rings. The van der Waals surface area contributed by atoms with Gasteiger partial charge in [-0.3, -0.25) is 0 Å². The van der Waals surface area contributed by atoms with E-state index in [0.717, 1.165) is 33.9 Å². The molecule has 31 heavy (non-hydrogen) atoms. The van der Waals surface area contributed by atoms with Crippen molar-refractivity contribution in [1.29, 1.82) is 0 Å². The predicted octanol–water partition coefficient (Wildman–Crippen LogP) is 6.66. The van der Waals surface area contributed by atoms with Crippen LogP contribution in [-0.2, 0) is 5.41 Å². The van der Waals surface area contributed by atoms with Gasteiger partial charge < -0.3 is 22.1 Å². The quantitative estimate of drug-likeness (QED) is 0.269. The number of rotatable bonds is 6. The van der Waals surface area contributed by atoms with Gasteiger partial charge in [0.2, 0.25) is 0 Å². The van der Waals surface area contributed by atoms with E-state index in [9.17, 15) is 0 Å². The van der Waals surface area contributed by atoms with Crippen molar-refractivity contribution >= 4 is 34.1 Å². The van der Waals surface area contributed by atoms with Crippen molar-refractivity contribution in [1.82, 2.24) is 0 Å². The fourth-order valence-electron chi connectivity index (χ4n) is 3.65. The maximum absolute atomic E-state index is 6.39. The Kier molecular flexibility index (Phi) is 5.54. The van der Waals surface area contributed by atoms with Crippen LogP contribution in [-0.4, -0.2) is 0 Å². The number of hydrogen-bond acceptors (Lipinski definition) is 4. The van der Waals surface area contributed by atoms with Crippen LogP contribution in [0, 0.1) is 0 Å². The van der Waals surface area contributed by atoms with Gasteiger partial charge in [-0.25, -0.2) is 0 Å². The molecule has 0 saturated carbocycles. The summed E-state index contributed by atoms with van der Waals surface area (Å²) in [7, 11) is 0. The summed E-state index contributed by atoms with van der Waals surface area (Å²) >= 11 is 0. The molecule has 0 fully saturated rings. The molecule has 6 N–H and O–H groups in total. The first-order chi connectivity index (χ1) is 14.9. The highest BCUT2D eigenvalue weighted by molar-refractivity contribution is 5.75. The Bertz CT molecular complexity index is 1080. The molecule has 0 heterocycles. The summed E-state index contributed by atoms with van der Waals surface area (Å²) in [5.41, 5.74) is 20.0. The molecular formula is C27H28N4. The zero-order valence-corrected chi connectivity index (χ0v) is 17.9. The third-order valence-electron chi connectivity index (χ3n) is 5.65. The first-order valence-electron chi connectivity index (χ1n) is 10.4. The first kappa shape index (κ1) is 20.4. The third kappa shape index (κ3) is 4.48. The number of hydrogen-bond donors (Lipinski definition) is 4. The molecule has 0 atom stereocenters. The van der Waals surface area contributed by atoms with Crippen LogP contribution >= 0.6 is 0 Å². The lowest BCUT2D eigenvalue weighted by Crippen LogP contribution is -2.19.